The molecule has 0 spiro atoms. The Hall–Kier alpha value is -2.63. The smallest absolute Gasteiger partial charge is 0.236 e. The van der Waals surface area contributed by atoms with Crippen LogP contribution in [0.5, 0.6) is 0 Å². The van der Waals surface area contributed by atoms with Crippen molar-refractivity contribution >= 4 is 44.9 Å². The summed E-state index contributed by atoms with van der Waals surface area (Å²) >= 11 is 3.06. The molecule has 4 rings (SSSR count). The lowest BCUT2D eigenvalue weighted by Gasteiger charge is -2.06. The van der Waals surface area contributed by atoms with E-state index in [1.807, 2.05) is 55.5 Å². The second-order valence-electron chi connectivity index (χ2n) is 6.10. The second-order valence-corrected chi connectivity index (χ2v) is 8.32. The number of amides is 1. The highest BCUT2D eigenvalue weighted by molar-refractivity contribution is 8.00. The lowest BCUT2D eigenvalue weighted by atomic mass is 10.1. The van der Waals surface area contributed by atoms with E-state index in [0.717, 1.165) is 21.0 Å². The van der Waals surface area contributed by atoms with Gasteiger partial charge in [0.15, 0.2) is 5.13 Å². The van der Waals surface area contributed by atoms with Gasteiger partial charge in [0.05, 0.1) is 11.4 Å². The first-order valence-corrected chi connectivity index (χ1v) is 10.4. The maximum absolute atomic E-state index is 12.4. The highest BCUT2D eigenvalue weighted by Gasteiger charge is 2.12. The van der Waals surface area contributed by atoms with Gasteiger partial charge >= 0.3 is 0 Å². The Labute approximate surface area is 166 Å². The van der Waals surface area contributed by atoms with Crippen molar-refractivity contribution in [1.29, 1.82) is 0 Å². The number of thiazole rings is 1. The van der Waals surface area contributed by atoms with Crippen LogP contribution >= 0.6 is 23.1 Å². The molecule has 0 bridgehead atoms. The molecule has 1 N–H and O–H groups in total. The summed E-state index contributed by atoms with van der Waals surface area (Å²) in [5, 5.41) is 5.95. The molecule has 0 saturated heterocycles. The van der Waals surface area contributed by atoms with Crippen molar-refractivity contribution in [2.75, 3.05) is 11.1 Å². The molecular formula is C22H18N2OS2. The zero-order chi connectivity index (χ0) is 18.6. The molecule has 0 unspecified atom stereocenters. The Morgan fingerprint density at radius 3 is 2.59 bits per heavy atom. The Morgan fingerprint density at radius 2 is 1.74 bits per heavy atom. The van der Waals surface area contributed by atoms with Crippen molar-refractivity contribution in [3.8, 4) is 11.3 Å². The number of carbonyl (C=O) groups excluding carboxylic acids is 1. The van der Waals surface area contributed by atoms with Gasteiger partial charge in [-0.3, -0.25) is 4.79 Å². The summed E-state index contributed by atoms with van der Waals surface area (Å²) in [6.45, 7) is 2.03. The van der Waals surface area contributed by atoms with Crippen molar-refractivity contribution < 1.29 is 4.79 Å². The molecule has 0 aliphatic rings. The van der Waals surface area contributed by atoms with E-state index in [-0.39, 0.29) is 5.91 Å². The minimum absolute atomic E-state index is 0.0405. The van der Waals surface area contributed by atoms with Crippen LogP contribution in [0.15, 0.2) is 77.7 Å². The van der Waals surface area contributed by atoms with E-state index >= 15 is 0 Å². The topological polar surface area (TPSA) is 42.0 Å². The number of nitrogens with zero attached hydrogens (tertiary/aromatic N) is 1. The van der Waals surface area contributed by atoms with E-state index in [9.17, 15) is 4.79 Å². The Morgan fingerprint density at radius 1 is 1.00 bits per heavy atom. The van der Waals surface area contributed by atoms with Gasteiger partial charge in [-0.15, -0.1) is 23.1 Å². The largest absolute Gasteiger partial charge is 0.301 e. The van der Waals surface area contributed by atoms with Crippen molar-refractivity contribution in [1.82, 2.24) is 4.98 Å². The molecule has 1 aromatic heterocycles. The summed E-state index contributed by atoms with van der Waals surface area (Å²) < 4.78 is 0. The fourth-order valence-electron chi connectivity index (χ4n) is 2.93. The van der Waals surface area contributed by atoms with Gasteiger partial charge in [0.1, 0.15) is 0 Å². The van der Waals surface area contributed by atoms with Crippen LogP contribution in [-0.4, -0.2) is 16.6 Å². The first-order valence-electron chi connectivity index (χ1n) is 8.64. The number of benzene rings is 3. The molecule has 27 heavy (non-hydrogen) atoms. The molecular weight excluding hydrogens is 372 g/mol. The summed E-state index contributed by atoms with van der Waals surface area (Å²) in [4.78, 5) is 19.2. The SMILES string of the molecule is Cc1sc(NC(=O)CSc2cccc3ccccc23)nc1-c1ccccc1. The highest BCUT2D eigenvalue weighted by Crippen LogP contribution is 2.31. The minimum atomic E-state index is -0.0405. The number of fused-ring (bicyclic) bond motifs is 1. The number of aromatic nitrogens is 1. The molecule has 3 aromatic carbocycles. The van der Waals surface area contributed by atoms with E-state index in [0.29, 0.717) is 10.9 Å². The quantitative estimate of drug-likeness (QED) is 0.425. The third-order valence-corrected chi connectivity index (χ3v) is 6.16. The van der Waals surface area contributed by atoms with Crippen molar-refractivity contribution in [3.05, 3.63) is 77.7 Å². The van der Waals surface area contributed by atoms with Crippen LogP contribution in [-0.2, 0) is 4.79 Å². The van der Waals surface area contributed by atoms with Crippen molar-refractivity contribution in [3.63, 3.8) is 0 Å². The van der Waals surface area contributed by atoms with E-state index in [2.05, 4.69) is 34.6 Å². The van der Waals surface area contributed by atoms with Gasteiger partial charge in [0.2, 0.25) is 5.91 Å². The predicted octanol–water partition coefficient (Wildman–Crippen LogP) is 6.00. The molecule has 0 radical (unpaired) electrons. The zero-order valence-electron chi connectivity index (χ0n) is 14.8. The summed E-state index contributed by atoms with van der Waals surface area (Å²) in [7, 11) is 0. The van der Waals surface area contributed by atoms with Crippen molar-refractivity contribution in [2.45, 2.75) is 11.8 Å². The number of rotatable bonds is 5. The average Bonchev–Trinajstić information content (AvgIpc) is 3.07. The lowest BCUT2D eigenvalue weighted by molar-refractivity contribution is -0.113. The first kappa shape index (κ1) is 17.8. The Balaban J connectivity index is 1.44. The third kappa shape index (κ3) is 4.04. The fourth-order valence-corrected chi connectivity index (χ4v) is 4.66. The molecule has 0 aliphatic carbocycles. The van der Waals surface area contributed by atoms with Gasteiger partial charge in [-0.25, -0.2) is 4.98 Å². The fraction of sp³-hybridized carbons (Fsp3) is 0.0909. The van der Waals surface area contributed by atoms with Crippen LogP contribution in [0.1, 0.15) is 4.88 Å². The normalized spacial score (nSPS) is 10.9. The van der Waals surface area contributed by atoms with Crippen LogP contribution in [0.3, 0.4) is 0 Å². The number of aryl methyl sites for hydroxylation is 1. The molecule has 134 valence electrons. The second kappa shape index (κ2) is 7.94. The molecule has 0 aliphatic heterocycles. The number of thioether (sulfide) groups is 1. The van der Waals surface area contributed by atoms with Crippen LogP contribution in [0.2, 0.25) is 0 Å². The number of hydrogen-bond donors (Lipinski definition) is 1. The van der Waals surface area contributed by atoms with Crippen LogP contribution in [0.4, 0.5) is 5.13 Å². The van der Waals surface area contributed by atoms with Gasteiger partial charge in [-0.2, -0.15) is 0 Å². The van der Waals surface area contributed by atoms with E-state index in [4.69, 9.17) is 0 Å². The minimum Gasteiger partial charge on any atom is -0.301 e. The Bertz CT molecular complexity index is 1080. The van der Waals surface area contributed by atoms with Gasteiger partial charge in [0.25, 0.3) is 0 Å². The third-order valence-electron chi connectivity index (χ3n) is 4.20. The standard InChI is InChI=1S/C22H18N2OS2/c1-15-21(17-9-3-2-4-10-17)24-22(27-15)23-20(25)14-26-19-13-7-11-16-8-5-6-12-18(16)19/h2-13H,14H2,1H3,(H,23,24,25). The van der Waals surface area contributed by atoms with E-state index in [1.165, 1.54) is 22.1 Å². The molecule has 1 amide bonds. The summed E-state index contributed by atoms with van der Waals surface area (Å²) in [5.74, 6) is 0.314. The average molecular weight is 391 g/mol. The van der Waals surface area contributed by atoms with Crippen molar-refractivity contribution in [2.24, 2.45) is 0 Å². The monoisotopic (exact) mass is 390 g/mol. The van der Waals surface area contributed by atoms with Gasteiger partial charge in [-0.05, 0) is 23.8 Å². The summed E-state index contributed by atoms with van der Waals surface area (Å²) in [6, 6.07) is 24.4. The van der Waals surface area contributed by atoms with Crippen LogP contribution < -0.4 is 5.32 Å². The maximum Gasteiger partial charge on any atom is 0.236 e. The summed E-state index contributed by atoms with van der Waals surface area (Å²) in [5.41, 5.74) is 1.99. The van der Waals surface area contributed by atoms with Crippen LogP contribution in [0.25, 0.3) is 22.0 Å². The molecule has 5 heteroatoms. The molecule has 0 saturated carbocycles. The van der Waals surface area contributed by atoms with E-state index < -0.39 is 0 Å². The molecule has 0 fully saturated rings. The number of anilines is 1. The number of nitrogens with one attached hydrogen (secondary N) is 1. The Kier molecular flexibility index (Phi) is 5.23. The van der Waals surface area contributed by atoms with Gasteiger partial charge < -0.3 is 5.32 Å². The van der Waals surface area contributed by atoms with Gasteiger partial charge in [0, 0.05) is 15.3 Å². The molecule has 0 atom stereocenters. The van der Waals surface area contributed by atoms with E-state index in [1.54, 1.807) is 11.8 Å². The van der Waals surface area contributed by atoms with Crippen LogP contribution in [0, 0.1) is 6.92 Å². The predicted molar refractivity (Wildman–Crippen MR) is 116 cm³/mol. The first-order chi connectivity index (χ1) is 13.2. The highest BCUT2D eigenvalue weighted by atomic mass is 32.2. The summed E-state index contributed by atoms with van der Waals surface area (Å²) in [6.07, 6.45) is 0. The molecule has 1 heterocycles. The maximum atomic E-state index is 12.4. The number of hydrogen-bond acceptors (Lipinski definition) is 4. The molecule has 3 nitrogen and oxygen atoms in total. The zero-order valence-corrected chi connectivity index (χ0v) is 16.4. The number of carbonyl (C=O) groups is 1. The van der Waals surface area contributed by atoms with Gasteiger partial charge in [-0.1, -0.05) is 66.7 Å². The lowest BCUT2D eigenvalue weighted by Crippen LogP contribution is -2.13. The molecule has 4 aromatic rings.